The van der Waals surface area contributed by atoms with Crippen LogP contribution in [-0.4, -0.2) is 25.1 Å². The van der Waals surface area contributed by atoms with Gasteiger partial charge in [-0.2, -0.15) is 0 Å². The number of fused-ring (bicyclic) bond motifs is 1. The number of hydrogen-bond acceptors (Lipinski definition) is 4. The lowest BCUT2D eigenvalue weighted by molar-refractivity contribution is -0.113. The molecule has 4 heteroatoms. The first-order chi connectivity index (χ1) is 11.1. The molecule has 118 valence electrons. The first kappa shape index (κ1) is 15.2. The zero-order valence-corrected chi connectivity index (χ0v) is 13.1. The molecule has 0 saturated heterocycles. The Morgan fingerprint density at radius 2 is 1.61 bits per heavy atom. The second-order valence-electron chi connectivity index (χ2n) is 5.40. The summed E-state index contributed by atoms with van der Waals surface area (Å²) < 4.78 is 10.4. The molecule has 23 heavy (non-hydrogen) atoms. The van der Waals surface area contributed by atoms with Gasteiger partial charge in [-0.3, -0.25) is 4.79 Å². The molecule has 1 aliphatic carbocycles. The van der Waals surface area contributed by atoms with Gasteiger partial charge in [0, 0.05) is 12.0 Å². The number of aliphatic hydroxyl groups is 1. The number of aliphatic hydroxyl groups excluding tert-OH is 1. The zero-order chi connectivity index (χ0) is 16.4. The maximum atomic E-state index is 12.4. The van der Waals surface area contributed by atoms with Crippen LogP contribution < -0.4 is 9.47 Å². The summed E-state index contributed by atoms with van der Waals surface area (Å²) in [6.07, 6.45) is 1.04. The van der Waals surface area contributed by atoms with Crippen LogP contribution in [0.5, 0.6) is 11.5 Å². The third-order valence-electron chi connectivity index (χ3n) is 4.08. The van der Waals surface area contributed by atoms with Crippen molar-refractivity contribution >= 4 is 17.1 Å². The van der Waals surface area contributed by atoms with Gasteiger partial charge < -0.3 is 14.6 Å². The van der Waals surface area contributed by atoms with Gasteiger partial charge in [0.15, 0.2) is 5.78 Å². The van der Waals surface area contributed by atoms with Crippen LogP contribution in [0.4, 0.5) is 0 Å². The van der Waals surface area contributed by atoms with Gasteiger partial charge in [-0.05, 0) is 53.9 Å². The monoisotopic (exact) mass is 310 g/mol. The van der Waals surface area contributed by atoms with Crippen molar-refractivity contribution in [3.05, 3.63) is 59.2 Å². The summed E-state index contributed by atoms with van der Waals surface area (Å²) in [6, 6.07) is 12.6. The van der Waals surface area contributed by atoms with Gasteiger partial charge in [-0.15, -0.1) is 0 Å². The van der Waals surface area contributed by atoms with E-state index in [1.165, 1.54) is 0 Å². The number of rotatable bonds is 3. The van der Waals surface area contributed by atoms with E-state index in [0.717, 1.165) is 16.9 Å². The van der Waals surface area contributed by atoms with E-state index < -0.39 is 0 Å². The molecule has 0 heterocycles. The highest BCUT2D eigenvalue weighted by atomic mass is 16.5. The van der Waals surface area contributed by atoms with Crippen molar-refractivity contribution in [1.82, 2.24) is 0 Å². The molecule has 2 aromatic carbocycles. The molecule has 1 aliphatic rings. The lowest BCUT2D eigenvalue weighted by atomic mass is 9.84. The summed E-state index contributed by atoms with van der Waals surface area (Å²) in [4.78, 5) is 12.4. The fourth-order valence-electron chi connectivity index (χ4n) is 2.82. The summed E-state index contributed by atoms with van der Waals surface area (Å²) in [5.41, 5.74) is 2.76. The minimum absolute atomic E-state index is 0.00349. The Hall–Kier alpha value is -2.75. The largest absolute Gasteiger partial charge is 0.507 e. The Labute approximate surface area is 135 Å². The van der Waals surface area contributed by atoms with Crippen molar-refractivity contribution in [3.63, 3.8) is 0 Å². The Morgan fingerprint density at radius 3 is 2.26 bits per heavy atom. The fourth-order valence-corrected chi connectivity index (χ4v) is 2.82. The average molecular weight is 310 g/mol. The molecular formula is C19H18O4. The number of ether oxygens (including phenoxy) is 2. The lowest BCUT2D eigenvalue weighted by Gasteiger charge is -2.20. The van der Waals surface area contributed by atoms with E-state index >= 15 is 0 Å². The zero-order valence-electron chi connectivity index (χ0n) is 13.1. The van der Waals surface area contributed by atoms with Crippen molar-refractivity contribution in [3.8, 4) is 11.5 Å². The number of methoxy groups -OCH3 is 2. The summed E-state index contributed by atoms with van der Waals surface area (Å²) in [5.74, 6) is 1.41. The first-order valence-electron chi connectivity index (χ1n) is 7.42. The Bertz CT molecular complexity index is 772. The molecular weight excluding hydrogens is 292 g/mol. The second-order valence-corrected chi connectivity index (χ2v) is 5.40. The quantitative estimate of drug-likeness (QED) is 0.694. The van der Waals surface area contributed by atoms with Crippen molar-refractivity contribution in [1.29, 1.82) is 0 Å². The fraction of sp³-hybridized carbons (Fsp3) is 0.211. The van der Waals surface area contributed by atoms with Crippen molar-refractivity contribution in [2.45, 2.75) is 12.8 Å². The van der Waals surface area contributed by atoms with Crippen LogP contribution in [0.15, 0.2) is 42.5 Å². The van der Waals surface area contributed by atoms with Gasteiger partial charge in [0.1, 0.15) is 17.3 Å². The minimum Gasteiger partial charge on any atom is -0.507 e. The molecule has 1 N–H and O–H groups in total. The number of allylic oxidation sites excluding steroid dienone is 1. The highest BCUT2D eigenvalue weighted by Gasteiger charge is 2.26. The van der Waals surface area contributed by atoms with Gasteiger partial charge >= 0.3 is 0 Å². The maximum absolute atomic E-state index is 12.4. The molecule has 0 atom stereocenters. The molecule has 0 spiro atoms. The molecule has 0 amide bonds. The average Bonchev–Trinajstić information content (AvgIpc) is 2.60. The molecule has 0 fully saturated rings. The number of benzene rings is 2. The molecule has 0 aliphatic heterocycles. The Morgan fingerprint density at radius 1 is 0.957 bits per heavy atom. The SMILES string of the molecule is COc1ccc(C(O)=C2C(=O)CCc3cc(OC)ccc32)cc1. The van der Waals surface area contributed by atoms with Crippen molar-refractivity contribution in [2.24, 2.45) is 0 Å². The normalized spacial score (nSPS) is 15.8. The minimum atomic E-state index is -0.0454. The first-order valence-corrected chi connectivity index (χ1v) is 7.42. The summed E-state index contributed by atoms with van der Waals surface area (Å²) >= 11 is 0. The third kappa shape index (κ3) is 2.80. The Balaban J connectivity index is 2.11. The van der Waals surface area contributed by atoms with Crippen LogP contribution in [0.3, 0.4) is 0 Å². The molecule has 0 unspecified atom stereocenters. The highest BCUT2D eigenvalue weighted by molar-refractivity contribution is 6.28. The molecule has 3 rings (SSSR count). The second kappa shape index (κ2) is 6.16. The van der Waals surface area contributed by atoms with Crippen LogP contribution in [0.1, 0.15) is 23.1 Å². The summed E-state index contributed by atoms with van der Waals surface area (Å²) in [5, 5.41) is 10.6. The molecule has 0 saturated carbocycles. The van der Waals surface area contributed by atoms with Crippen molar-refractivity contribution < 1.29 is 19.4 Å². The standard InChI is InChI=1S/C19H18O4/c1-22-14-6-3-12(4-7-14)19(21)18-16-9-8-15(23-2)11-13(16)5-10-17(18)20/h3-4,6-9,11,21H,5,10H2,1-2H3. The third-order valence-corrected chi connectivity index (χ3v) is 4.08. The molecule has 4 nitrogen and oxygen atoms in total. The van der Waals surface area contributed by atoms with E-state index in [4.69, 9.17) is 9.47 Å². The predicted molar refractivity (Wildman–Crippen MR) is 88.8 cm³/mol. The number of carbonyl (C=O) groups excluding carboxylic acids is 1. The Kier molecular flexibility index (Phi) is 4.06. The lowest BCUT2D eigenvalue weighted by Crippen LogP contribution is -2.14. The van der Waals surface area contributed by atoms with Crippen LogP contribution in [0.2, 0.25) is 0 Å². The van der Waals surface area contributed by atoms with Crippen molar-refractivity contribution in [2.75, 3.05) is 14.2 Å². The van der Waals surface area contributed by atoms with E-state index in [1.807, 2.05) is 12.1 Å². The predicted octanol–water partition coefficient (Wildman–Crippen LogP) is 3.65. The van der Waals surface area contributed by atoms with Gasteiger partial charge in [0.05, 0.1) is 19.8 Å². The summed E-state index contributed by atoms with van der Waals surface area (Å²) in [7, 11) is 3.20. The van der Waals surface area contributed by atoms with E-state index in [-0.39, 0.29) is 11.5 Å². The number of Topliss-reactive ketones (excluding diaryl/α,β-unsaturated/α-hetero) is 1. The number of aryl methyl sites for hydroxylation is 1. The van der Waals surface area contributed by atoms with E-state index in [2.05, 4.69) is 0 Å². The van der Waals surface area contributed by atoms with E-state index in [1.54, 1.807) is 44.6 Å². The van der Waals surface area contributed by atoms with Crippen LogP contribution in [-0.2, 0) is 11.2 Å². The van der Waals surface area contributed by atoms with Crippen LogP contribution >= 0.6 is 0 Å². The maximum Gasteiger partial charge on any atom is 0.167 e. The van der Waals surface area contributed by atoms with Gasteiger partial charge in [-0.25, -0.2) is 0 Å². The molecule has 0 radical (unpaired) electrons. The molecule has 2 aromatic rings. The topological polar surface area (TPSA) is 55.8 Å². The van der Waals surface area contributed by atoms with E-state index in [9.17, 15) is 9.90 Å². The summed E-state index contributed by atoms with van der Waals surface area (Å²) in [6.45, 7) is 0. The van der Waals surface area contributed by atoms with E-state index in [0.29, 0.717) is 29.7 Å². The van der Waals surface area contributed by atoms with Gasteiger partial charge in [0.25, 0.3) is 0 Å². The van der Waals surface area contributed by atoms with Crippen LogP contribution in [0, 0.1) is 0 Å². The molecule has 0 bridgehead atoms. The van der Waals surface area contributed by atoms with Crippen LogP contribution in [0.25, 0.3) is 11.3 Å². The number of hydrogen-bond donors (Lipinski definition) is 1. The number of ketones is 1. The highest BCUT2D eigenvalue weighted by Crippen LogP contribution is 2.35. The van der Waals surface area contributed by atoms with Gasteiger partial charge in [0.2, 0.25) is 0 Å². The van der Waals surface area contributed by atoms with Gasteiger partial charge in [-0.1, -0.05) is 6.07 Å². The number of carbonyl (C=O) groups is 1. The smallest absolute Gasteiger partial charge is 0.167 e. The molecule has 0 aromatic heterocycles.